The van der Waals surface area contributed by atoms with Crippen LogP contribution in [-0.2, 0) is 21.4 Å². The molecule has 150 valence electrons. The Balaban J connectivity index is 1.72. The highest BCUT2D eigenvalue weighted by Gasteiger charge is 2.72. The molecule has 4 aliphatic rings. The number of rotatable bonds is 3. The van der Waals surface area contributed by atoms with E-state index in [9.17, 15) is 15.0 Å². The zero-order valence-corrected chi connectivity index (χ0v) is 16.3. The average molecular weight is 387 g/mol. The highest BCUT2D eigenvalue weighted by Crippen LogP contribution is 2.65. The first-order valence-electron chi connectivity index (χ1n) is 9.73. The molecule has 2 aliphatic carbocycles. The summed E-state index contributed by atoms with van der Waals surface area (Å²) in [4.78, 5) is 14.3. The Morgan fingerprint density at radius 3 is 2.93 bits per heavy atom. The molecule has 7 heteroatoms. The summed E-state index contributed by atoms with van der Waals surface area (Å²) in [6, 6.07) is 3.90. The van der Waals surface area contributed by atoms with Crippen molar-refractivity contribution in [2.24, 2.45) is 0 Å². The van der Waals surface area contributed by atoms with Crippen LogP contribution in [0.1, 0.15) is 30.9 Å². The zero-order chi connectivity index (χ0) is 19.8. The normalized spacial score (nSPS) is 36.1. The number of nitrogens with zero attached hydrogens (tertiary/aromatic N) is 1. The van der Waals surface area contributed by atoms with E-state index in [0.29, 0.717) is 30.1 Å². The minimum atomic E-state index is -1.23. The second-order valence-electron chi connectivity index (χ2n) is 8.38. The predicted molar refractivity (Wildman–Crippen MR) is 99.2 cm³/mol. The molecule has 0 unspecified atom stereocenters. The first-order valence-corrected chi connectivity index (χ1v) is 9.73. The van der Waals surface area contributed by atoms with E-state index in [1.54, 1.807) is 13.2 Å². The van der Waals surface area contributed by atoms with Gasteiger partial charge >= 0.3 is 5.97 Å². The molecule has 0 radical (unpaired) electrons. The Hall–Kier alpha value is -2.09. The van der Waals surface area contributed by atoms with Gasteiger partial charge in [0.2, 0.25) is 0 Å². The molecule has 1 spiro atoms. The Bertz CT molecular complexity index is 895. The van der Waals surface area contributed by atoms with Gasteiger partial charge in [-0.25, -0.2) is 4.79 Å². The van der Waals surface area contributed by atoms with Gasteiger partial charge in [0.15, 0.2) is 17.6 Å². The molecule has 2 heterocycles. The molecular formula is C21H25NO6. The topological polar surface area (TPSA) is 88.5 Å². The van der Waals surface area contributed by atoms with Crippen LogP contribution in [0.4, 0.5) is 0 Å². The summed E-state index contributed by atoms with van der Waals surface area (Å²) in [5.41, 5.74) is 0.394. The largest absolute Gasteiger partial charge is 0.493 e. The number of methoxy groups -OCH3 is 1. The van der Waals surface area contributed by atoms with Gasteiger partial charge in [-0.2, -0.15) is 0 Å². The quantitative estimate of drug-likeness (QED) is 0.745. The van der Waals surface area contributed by atoms with Crippen LogP contribution in [0.3, 0.4) is 0 Å². The summed E-state index contributed by atoms with van der Waals surface area (Å²) in [5.74, 6) is 0.890. The molecule has 1 fully saturated rings. The molecule has 2 N–H and O–H groups in total. The van der Waals surface area contributed by atoms with Crippen molar-refractivity contribution >= 4 is 5.97 Å². The van der Waals surface area contributed by atoms with Crippen LogP contribution in [0.25, 0.3) is 0 Å². The number of ether oxygens (including phenoxy) is 3. The fourth-order valence-corrected chi connectivity index (χ4v) is 5.79. The number of carbonyl (C=O) groups is 1. The molecular weight excluding hydrogens is 362 g/mol. The van der Waals surface area contributed by atoms with Gasteiger partial charge in [0.1, 0.15) is 11.9 Å². The standard InChI is InChI=1S/C21H25NO6/c1-11(23)19(24)27-14-6-7-21(25)15-10-12-4-5-13(26-3)17-16(12)20(21,18(14)28-17)8-9-22(15)2/h4-6,11,15,18,23,25H,7-10H2,1-3H3/t11-,15-,18-,20-,21+/m0/s1. The number of likely N-dealkylation sites (N-methyl/N-ethyl adjacent to an activating group) is 1. The van der Waals surface area contributed by atoms with Crippen LogP contribution in [0.15, 0.2) is 24.0 Å². The summed E-state index contributed by atoms with van der Waals surface area (Å²) >= 11 is 0. The first kappa shape index (κ1) is 18.0. The molecule has 1 saturated heterocycles. The van der Waals surface area contributed by atoms with Gasteiger partial charge in [-0.05, 0) is 51.1 Å². The van der Waals surface area contributed by atoms with Crippen molar-refractivity contribution in [3.63, 3.8) is 0 Å². The first-order chi connectivity index (χ1) is 13.3. The maximum Gasteiger partial charge on any atom is 0.339 e. The van der Waals surface area contributed by atoms with Crippen molar-refractivity contribution in [2.75, 3.05) is 20.7 Å². The van der Waals surface area contributed by atoms with Gasteiger partial charge in [-0.15, -0.1) is 0 Å². The number of aliphatic hydroxyl groups is 2. The third kappa shape index (κ3) is 1.97. The number of aliphatic hydroxyl groups excluding tert-OH is 1. The molecule has 2 bridgehead atoms. The van der Waals surface area contributed by atoms with E-state index in [0.717, 1.165) is 24.1 Å². The fraction of sp³-hybridized carbons (Fsp3) is 0.571. The minimum Gasteiger partial charge on any atom is -0.493 e. The average Bonchev–Trinajstić information content (AvgIpc) is 3.02. The third-order valence-corrected chi connectivity index (χ3v) is 7.12. The van der Waals surface area contributed by atoms with Crippen molar-refractivity contribution in [3.05, 3.63) is 35.1 Å². The van der Waals surface area contributed by atoms with Gasteiger partial charge in [0.25, 0.3) is 0 Å². The van der Waals surface area contributed by atoms with Crippen molar-refractivity contribution in [1.29, 1.82) is 0 Å². The molecule has 2 aliphatic heterocycles. The molecule has 5 rings (SSSR count). The molecule has 0 amide bonds. The number of carbonyl (C=O) groups excluding carboxylic acids is 1. The molecule has 0 aromatic heterocycles. The van der Waals surface area contributed by atoms with Crippen LogP contribution in [0, 0.1) is 0 Å². The van der Waals surface area contributed by atoms with Crippen molar-refractivity contribution < 1.29 is 29.2 Å². The van der Waals surface area contributed by atoms with Crippen LogP contribution in [-0.4, -0.2) is 65.6 Å². The zero-order valence-electron chi connectivity index (χ0n) is 16.3. The lowest BCUT2D eigenvalue weighted by Crippen LogP contribution is -2.74. The highest BCUT2D eigenvalue weighted by atomic mass is 16.6. The maximum absolute atomic E-state index is 12.1. The predicted octanol–water partition coefficient (Wildman–Crippen LogP) is 0.897. The number of likely N-dealkylation sites (tertiary alicyclic amines) is 1. The lowest BCUT2D eigenvalue weighted by molar-refractivity contribution is -0.171. The van der Waals surface area contributed by atoms with E-state index in [4.69, 9.17) is 14.2 Å². The lowest BCUT2D eigenvalue weighted by Gasteiger charge is -2.61. The van der Waals surface area contributed by atoms with Gasteiger partial charge < -0.3 is 29.3 Å². The minimum absolute atomic E-state index is 0.0514. The van der Waals surface area contributed by atoms with Crippen molar-refractivity contribution in [3.8, 4) is 11.5 Å². The van der Waals surface area contributed by atoms with Crippen LogP contribution in [0.2, 0.25) is 0 Å². The second kappa shape index (κ2) is 5.72. The molecule has 28 heavy (non-hydrogen) atoms. The summed E-state index contributed by atoms with van der Waals surface area (Å²) in [6.45, 7) is 2.18. The van der Waals surface area contributed by atoms with Gasteiger partial charge in [0.05, 0.1) is 18.1 Å². The van der Waals surface area contributed by atoms with Crippen LogP contribution >= 0.6 is 0 Å². The molecule has 1 aromatic rings. The maximum atomic E-state index is 12.1. The Morgan fingerprint density at radius 1 is 1.43 bits per heavy atom. The Kier molecular flexibility index (Phi) is 3.67. The van der Waals surface area contributed by atoms with E-state index in [-0.39, 0.29) is 6.04 Å². The monoisotopic (exact) mass is 387 g/mol. The molecule has 1 aromatic carbocycles. The number of esters is 1. The van der Waals surface area contributed by atoms with E-state index in [1.807, 2.05) is 13.1 Å². The third-order valence-electron chi connectivity index (χ3n) is 7.12. The summed E-state index contributed by atoms with van der Waals surface area (Å²) in [7, 11) is 3.64. The van der Waals surface area contributed by atoms with E-state index in [2.05, 4.69) is 11.0 Å². The number of benzene rings is 1. The number of hydrogen-bond donors (Lipinski definition) is 2. The molecule has 0 saturated carbocycles. The van der Waals surface area contributed by atoms with Crippen molar-refractivity contribution in [2.45, 2.75) is 55.5 Å². The molecule has 5 atom stereocenters. The SMILES string of the molecule is COc1ccc2c3c1O[C@H]1C(OC(=O)[C@H](C)O)=CC[C@@]4(O)[C@H](C2)N(C)CC[C@]314. The van der Waals surface area contributed by atoms with E-state index >= 15 is 0 Å². The summed E-state index contributed by atoms with van der Waals surface area (Å²) in [5, 5.41) is 21.6. The van der Waals surface area contributed by atoms with Gasteiger partial charge in [-0.1, -0.05) is 6.07 Å². The molecule has 7 nitrogen and oxygen atoms in total. The van der Waals surface area contributed by atoms with E-state index < -0.39 is 29.2 Å². The Labute approximate surface area is 163 Å². The van der Waals surface area contributed by atoms with Crippen LogP contribution in [0.5, 0.6) is 11.5 Å². The van der Waals surface area contributed by atoms with Gasteiger partial charge in [-0.3, -0.25) is 0 Å². The summed E-state index contributed by atoms with van der Waals surface area (Å²) in [6.07, 6.45) is 1.66. The fourth-order valence-electron chi connectivity index (χ4n) is 5.79. The lowest BCUT2D eigenvalue weighted by atomic mass is 9.50. The van der Waals surface area contributed by atoms with Crippen LogP contribution < -0.4 is 9.47 Å². The van der Waals surface area contributed by atoms with Gasteiger partial charge in [0, 0.05) is 18.0 Å². The summed E-state index contributed by atoms with van der Waals surface area (Å²) < 4.78 is 17.4. The second-order valence-corrected chi connectivity index (χ2v) is 8.38. The Morgan fingerprint density at radius 2 is 2.21 bits per heavy atom. The van der Waals surface area contributed by atoms with Crippen molar-refractivity contribution in [1.82, 2.24) is 4.90 Å². The smallest absolute Gasteiger partial charge is 0.339 e. The van der Waals surface area contributed by atoms with E-state index in [1.165, 1.54) is 6.92 Å². The highest BCUT2D eigenvalue weighted by molar-refractivity contribution is 5.75. The number of piperidine rings is 1. The number of hydrogen-bond acceptors (Lipinski definition) is 7.